The zero-order valence-corrected chi connectivity index (χ0v) is 11.7. The lowest BCUT2D eigenvalue weighted by atomic mass is 10.2. The summed E-state index contributed by atoms with van der Waals surface area (Å²) in [6.45, 7) is 16.1. The van der Waals surface area contributed by atoms with E-state index >= 15 is 0 Å². The highest BCUT2D eigenvalue weighted by molar-refractivity contribution is 6.74. The summed E-state index contributed by atoms with van der Waals surface area (Å²) in [5, 5.41) is 0.231. The van der Waals surface area contributed by atoms with Crippen molar-refractivity contribution >= 4 is 8.32 Å². The molecule has 1 aliphatic heterocycles. The molecule has 0 aromatic carbocycles. The Bertz CT molecular complexity index is 234. The minimum absolute atomic E-state index is 0.138. The summed E-state index contributed by atoms with van der Waals surface area (Å²) < 4.78 is 11.7. The third-order valence-electron chi connectivity index (χ3n) is 3.48. The van der Waals surface area contributed by atoms with Crippen LogP contribution in [-0.4, -0.2) is 21.0 Å². The van der Waals surface area contributed by atoms with Gasteiger partial charge in [-0.3, -0.25) is 0 Å². The molecule has 2 nitrogen and oxygen atoms in total. The van der Waals surface area contributed by atoms with Gasteiger partial charge in [0.25, 0.3) is 0 Å². The lowest BCUT2D eigenvalue weighted by Crippen LogP contribution is -2.41. The zero-order chi connectivity index (χ0) is 11.7. The van der Waals surface area contributed by atoms with E-state index in [9.17, 15) is 0 Å². The van der Waals surface area contributed by atoms with E-state index < -0.39 is 8.32 Å². The summed E-state index contributed by atoms with van der Waals surface area (Å²) in [5.74, 6) is 0.846. The van der Waals surface area contributed by atoms with E-state index in [2.05, 4.69) is 40.4 Å². The summed E-state index contributed by atoms with van der Waals surface area (Å²) in [7, 11) is -1.72. The van der Waals surface area contributed by atoms with Crippen molar-refractivity contribution in [3.63, 3.8) is 0 Å². The molecule has 1 aliphatic rings. The van der Waals surface area contributed by atoms with Crippen LogP contribution in [0.2, 0.25) is 18.1 Å². The number of hydrogen-bond donors (Lipinski definition) is 0. The van der Waals surface area contributed by atoms with Gasteiger partial charge in [0.05, 0.1) is 0 Å². The first-order chi connectivity index (χ1) is 6.74. The normalized spacial score (nSPS) is 22.9. The average Bonchev–Trinajstić information content (AvgIpc) is 2.51. The van der Waals surface area contributed by atoms with Crippen LogP contribution in [0.1, 0.15) is 33.6 Å². The summed E-state index contributed by atoms with van der Waals surface area (Å²) >= 11 is 0. The maximum atomic E-state index is 6.11. The summed E-state index contributed by atoms with van der Waals surface area (Å²) in [6, 6.07) is 0. The van der Waals surface area contributed by atoms with Crippen molar-refractivity contribution < 1.29 is 9.16 Å². The molecule has 0 unspecified atom stereocenters. The van der Waals surface area contributed by atoms with Gasteiger partial charge in [0, 0.05) is 6.61 Å². The standard InChI is InChI=1S/C12H24O2Si/c1-10(11-8-7-9-13-11)14-15(5,6)12(2,3)4/h11H,1,7-9H2,2-6H3/t11-/m1/s1. The highest BCUT2D eigenvalue weighted by Crippen LogP contribution is 2.38. The molecule has 0 radical (unpaired) electrons. The second-order valence-electron chi connectivity index (χ2n) is 5.83. The minimum Gasteiger partial charge on any atom is -0.545 e. The Morgan fingerprint density at radius 1 is 1.40 bits per heavy atom. The highest BCUT2D eigenvalue weighted by atomic mass is 28.4. The lowest BCUT2D eigenvalue weighted by molar-refractivity contribution is 0.104. The molecule has 3 heteroatoms. The van der Waals surface area contributed by atoms with Crippen LogP contribution in [0.5, 0.6) is 0 Å². The van der Waals surface area contributed by atoms with Gasteiger partial charge < -0.3 is 9.16 Å². The first-order valence-electron chi connectivity index (χ1n) is 5.73. The molecular formula is C12H24O2Si. The SMILES string of the molecule is C=C(O[Si](C)(C)C(C)(C)C)[C@H]1CCCO1. The molecular weight excluding hydrogens is 204 g/mol. The molecule has 1 rings (SSSR count). The molecule has 0 amide bonds. The fraction of sp³-hybridized carbons (Fsp3) is 0.833. The highest BCUT2D eigenvalue weighted by Gasteiger charge is 2.40. The molecule has 1 atom stereocenters. The first-order valence-corrected chi connectivity index (χ1v) is 8.64. The first kappa shape index (κ1) is 12.8. The Morgan fingerprint density at radius 2 is 2.00 bits per heavy atom. The molecule has 0 N–H and O–H groups in total. The van der Waals surface area contributed by atoms with Gasteiger partial charge in [-0.05, 0) is 31.0 Å². The van der Waals surface area contributed by atoms with Gasteiger partial charge in [-0.2, -0.15) is 0 Å². The fourth-order valence-corrected chi connectivity index (χ4v) is 2.47. The van der Waals surface area contributed by atoms with E-state index in [-0.39, 0.29) is 11.1 Å². The van der Waals surface area contributed by atoms with Crippen LogP contribution in [0.3, 0.4) is 0 Å². The summed E-state index contributed by atoms with van der Waals surface area (Å²) in [4.78, 5) is 0. The quantitative estimate of drug-likeness (QED) is 0.541. The van der Waals surface area contributed by atoms with E-state index in [1.165, 1.54) is 0 Å². The molecule has 0 spiro atoms. The summed E-state index contributed by atoms with van der Waals surface area (Å²) in [6.07, 6.45) is 2.33. The second-order valence-corrected chi connectivity index (χ2v) is 10.6. The van der Waals surface area contributed by atoms with Crippen molar-refractivity contribution in [3.8, 4) is 0 Å². The monoisotopic (exact) mass is 228 g/mol. The Kier molecular flexibility index (Phi) is 3.66. The predicted molar refractivity (Wildman–Crippen MR) is 66.4 cm³/mol. The summed E-state index contributed by atoms with van der Waals surface area (Å²) in [5.41, 5.74) is 0. The third kappa shape index (κ3) is 3.08. The molecule has 15 heavy (non-hydrogen) atoms. The Balaban J connectivity index is 2.57. The van der Waals surface area contributed by atoms with Crippen LogP contribution in [0.25, 0.3) is 0 Å². The van der Waals surface area contributed by atoms with Crippen LogP contribution in [-0.2, 0) is 9.16 Å². The zero-order valence-electron chi connectivity index (χ0n) is 10.7. The average molecular weight is 228 g/mol. The number of hydrogen-bond acceptors (Lipinski definition) is 2. The topological polar surface area (TPSA) is 18.5 Å². The number of ether oxygens (including phenoxy) is 1. The molecule has 0 aliphatic carbocycles. The van der Waals surface area contributed by atoms with Gasteiger partial charge >= 0.3 is 0 Å². The van der Waals surface area contributed by atoms with Crippen LogP contribution in [0.4, 0.5) is 0 Å². The van der Waals surface area contributed by atoms with Gasteiger partial charge in [-0.25, -0.2) is 0 Å². The maximum Gasteiger partial charge on any atom is 0.250 e. The largest absolute Gasteiger partial charge is 0.545 e. The molecule has 1 heterocycles. The maximum absolute atomic E-state index is 6.11. The molecule has 1 saturated heterocycles. The van der Waals surface area contributed by atoms with E-state index in [4.69, 9.17) is 9.16 Å². The predicted octanol–water partition coefficient (Wildman–Crippen LogP) is 3.70. The van der Waals surface area contributed by atoms with Crippen molar-refractivity contribution in [1.29, 1.82) is 0 Å². The van der Waals surface area contributed by atoms with E-state index in [1.54, 1.807) is 0 Å². The molecule has 88 valence electrons. The van der Waals surface area contributed by atoms with Crippen LogP contribution >= 0.6 is 0 Å². The third-order valence-corrected chi connectivity index (χ3v) is 7.87. The van der Waals surface area contributed by atoms with Gasteiger partial charge in [0.15, 0.2) is 0 Å². The van der Waals surface area contributed by atoms with E-state index in [0.29, 0.717) is 0 Å². The van der Waals surface area contributed by atoms with Gasteiger partial charge in [0.2, 0.25) is 8.32 Å². The fourth-order valence-electron chi connectivity index (χ4n) is 1.38. The van der Waals surface area contributed by atoms with Crippen LogP contribution in [0.15, 0.2) is 12.3 Å². The van der Waals surface area contributed by atoms with Gasteiger partial charge in [-0.1, -0.05) is 27.4 Å². The van der Waals surface area contributed by atoms with Crippen molar-refractivity contribution in [2.24, 2.45) is 0 Å². The minimum atomic E-state index is -1.72. The molecule has 1 fully saturated rings. The van der Waals surface area contributed by atoms with Crippen molar-refractivity contribution in [2.45, 2.75) is 57.8 Å². The van der Waals surface area contributed by atoms with Crippen molar-refractivity contribution in [1.82, 2.24) is 0 Å². The smallest absolute Gasteiger partial charge is 0.250 e. The Morgan fingerprint density at radius 3 is 2.40 bits per heavy atom. The molecule has 0 bridgehead atoms. The van der Waals surface area contributed by atoms with Crippen LogP contribution in [0, 0.1) is 0 Å². The second kappa shape index (κ2) is 4.30. The van der Waals surface area contributed by atoms with Crippen molar-refractivity contribution in [3.05, 3.63) is 12.3 Å². The lowest BCUT2D eigenvalue weighted by Gasteiger charge is -2.38. The van der Waals surface area contributed by atoms with Crippen LogP contribution < -0.4 is 0 Å². The Labute approximate surface area is 94.8 Å². The van der Waals surface area contributed by atoms with Gasteiger partial charge in [0.1, 0.15) is 11.9 Å². The van der Waals surface area contributed by atoms with Crippen molar-refractivity contribution in [2.75, 3.05) is 6.61 Å². The molecule has 0 aromatic rings. The van der Waals surface area contributed by atoms with E-state index in [0.717, 1.165) is 25.2 Å². The Hall–Kier alpha value is -0.283. The molecule has 0 aromatic heterocycles. The number of rotatable bonds is 3. The van der Waals surface area contributed by atoms with E-state index in [1.807, 2.05) is 0 Å². The molecule has 0 saturated carbocycles. The van der Waals surface area contributed by atoms with Gasteiger partial charge in [-0.15, -0.1) is 0 Å².